The van der Waals surface area contributed by atoms with E-state index in [1.54, 1.807) is 13.3 Å². The van der Waals surface area contributed by atoms with Crippen molar-refractivity contribution in [1.29, 1.82) is 0 Å². The van der Waals surface area contributed by atoms with E-state index in [0.717, 1.165) is 42.9 Å². The number of unbranched alkanes of at least 4 members (excludes halogenated alkanes) is 1. The maximum Gasteiger partial charge on any atom is 0.314 e. The van der Waals surface area contributed by atoms with Gasteiger partial charge in [0.15, 0.2) is 11.5 Å². The van der Waals surface area contributed by atoms with Crippen LogP contribution in [0.4, 0.5) is 0 Å². The highest BCUT2D eigenvalue weighted by Gasteiger charge is 2.28. The Hall–Kier alpha value is -2.62. The zero-order valence-electron chi connectivity index (χ0n) is 17.5. The number of carbonyl (C=O) groups is 1. The smallest absolute Gasteiger partial charge is 0.314 e. The quantitative estimate of drug-likeness (QED) is 0.398. The van der Waals surface area contributed by atoms with Crippen LogP contribution in [0.25, 0.3) is 12.2 Å². The Morgan fingerprint density at radius 1 is 1.10 bits per heavy atom. The summed E-state index contributed by atoms with van der Waals surface area (Å²) in [7, 11) is 1.60. The predicted molar refractivity (Wildman–Crippen MR) is 117 cm³/mol. The molecule has 1 aliphatic rings. The lowest BCUT2D eigenvalue weighted by molar-refractivity contribution is -0.140. The maximum atomic E-state index is 12.7. The lowest BCUT2D eigenvalue weighted by Crippen LogP contribution is -2.25. The Morgan fingerprint density at radius 3 is 2.62 bits per heavy atom. The number of hydrogen-bond donors (Lipinski definition) is 0. The molecule has 0 unspecified atom stereocenters. The zero-order valence-corrected chi connectivity index (χ0v) is 17.5. The highest BCUT2D eigenvalue weighted by molar-refractivity contribution is 5.77. The predicted octanol–water partition coefficient (Wildman–Crippen LogP) is 6.16. The number of benzene rings is 1. The standard InChI is InChI=1S/C25H31NO3/c1-3-4-7-19-9-13-21(14-10-19)25(27)29-23-16-12-20(18-24(23)28-2)11-15-22-8-5-6-17-26-22/h5-6,8,11-12,15-19,21H,3-4,7,9-10,13-14H2,1-2H3/b15-11+. The van der Waals surface area contributed by atoms with Crippen LogP contribution in [0.3, 0.4) is 0 Å². The van der Waals surface area contributed by atoms with Crippen LogP contribution in [0.15, 0.2) is 42.6 Å². The molecule has 2 aromatic rings. The Balaban J connectivity index is 1.59. The van der Waals surface area contributed by atoms with Crippen LogP contribution in [-0.4, -0.2) is 18.1 Å². The summed E-state index contributed by atoms with van der Waals surface area (Å²) < 4.78 is 11.2. The highest BCUT2D eigenvalue weighted by atomic mass is 16.6. The fourth-order valence-corrected chi connectivity index (χ4v) is 3.90. The third kappa shape index (κ3) is 6.18. The van der Waals surface area contributed by atoms with Crippen LogP contribution >= 0.6 is 0 Å². The van der Waals surface area contributed by atoms with E-state index in [9.17, 15) is 4.79 Å². The fourth-order valence-electron chi connectivity index (χ4n) is 3.90. The molecule has 0 radical (unpaired) electrons. The van der Waals surface area contributed by atoms with Crippen LogP contribution < -0.4 is 9.47 Å². The molecule has 1 aromatic heterocycles. The van der Waals surface area contributed by atoms with Gasteiger partial charge in [0.2, 0.25) is 0 Å². The summed E-state index contributed by atoms with van der Waals surface area (Å²) >= 11 is 0. The van der Waals surface area contributed by atoms with Gasteiger partial charge in [-0.1, -0.05) is 44.4 Å². The highest BCUT2D eigenvalue weighted by Crippen LogP contribution is 2.34. The first-order valence-corrected chi connectivity index (χ1v) is 10.7. The molecule has 154 valence electrons. The molecule has 0 bridgehead atoms. The van der Waals surface area contributed by atoms with Crippen molar-refractivity contribution in [3.8, 4) is 11.5 Å². The second kappa shape index (κ2) is 10.8. The molecule has 0 amide bonds. The van der Waals surface area contributed by atoms with E-state index in [2.05, 4.69) is 11.9 Å². The van der Waals surface area contributed by atoms with Crippen LogP contribution in [0.5, 0.6) is 11.5 Å². The summed E-state index contributed by atoms with van der Waals surface area (Å²) in [5, 5.41) is 0. The average molecular weight is 394 g/mol. The van der Waals surface area contributed by atoms with E-state index in [4.69, 9.17) is 9.47 Å². The first-order chi connectivity index (χ1) is 14.2. The summed E-state index contributed by atoms with van der Waals surface area (Å²) in [4.78, 5) is 16.9. The lowest BCUT2D eigenvalue weighted by Gasteiger charge is -2.27. The van der Waals surface area contributed by atoms with Gasteiger partial charge in [-0.15, -0.1) is 0 Å². The van der Waals surface area contributed by atoms with Crippen molar-refractivity contribution < 1.29 is 14.3 Å². The minimum Gasteiger partial charge on any atom is -0.493 e. The van der Waals surface area contributed by atoms with E-state index in [1.165, 1.54) is 19.3 Å². The zero-order chi connectivity index (χ0) is 20.5. The molecule has 1 aliphatic carbocycles. The van der Waals surface area contributed by atoms with E-state index in [-0.39, 0.29) is 11.9 Å². The number of hydrogen-bond acceptors (Lipinski definition) is 4. The second-order valence-corrected chi connectivity index (χ2v) is 7.78. The third-order valence-electron chi connectivity index (χ3n) is 5.68. The molecule has 0 spiro atoms. The molecule has 1 aromatic carbocycles. The maximum absolute atomic E-state index is 12.7. The van der Waals surface area contributed by atoms with Crippen LogP contribution in [0, 0.1) is 11.8 Å². The molecule has 29 heavy (non-hydrogen) atoms. The number of esters is 1. The number of nitrogens with zero attached hydrogens (tertiary/aromatic N) is 1. The topological polar surface area (TPSA) is 48.4 Å². The molecule has 0 saturated heterocycles. The first-order valence-electron chi connectivity index (χ1n) is 10.7. The van der Waals surface area contributed by atoms with Gasteiger partial charge in [-0.05, 0) is 67.5 Å². The molecule has 1 fully saturated rings. The van der Waals surface area contributed by atoms with E-state index in [0.29, 0.717) is 11.5 Å². The van der Waals surface area contributed by atoms with Gasteiger partial charge in [0, 0.05) is 6.20 Å². The van der Waals surface area contributed by atoms with Crippen LogP contribution in [0.1, 0.15) is 63.1 Å². The third-order valence-corrected chi connectivity index (χ3v) is 5.68. The van der Waals surface area contributed by atoms with Gasteiger partial charge in [-0.2, -0.15) is 0 Å². The Kier molecular flexibility index (Phi) is 7.85. The molecule has 0 N–H and O–H groups in total. The van der Waals surface area contributed by atoms with Gasteiger partial charge < -0.3 is 9.47 Å². The number of ether oxygens (including phenoxy) is 2. The van der Waals surface area contributed by atoms with Gasteiger partial charge in [-0.3, -0.25) is 9.78 Å². The van der Waals surface area contributed by atoms with Gasteiger partial charge >= 0.3 is 5.97 Å². The number of rotatable bonds is 8. The van der Waals surface area contributed by atoms with E-state index >= 15 is 0 Å². The number of methoxy groups -OCH3 is 1. The van der Waals surface area contributed by atoms with Gasteiger partial charge in [0.1, 0.15) is 0 Å². The molecule has 4 nitrogen and oxygen atoms in total. The molecule has 1 heterocycles. The van der Waals surface area contributed by atoms with Crippen molar-refractivity contribution in [2.75, 3.05) is 7.11 Å². The van der Waals surface area contributed by atoms with Crippen molar-refractivity contribution in [1.82, 2.24) is 4.98 Å². The molecule has 1 saturated carbocycles. The number of aromatic nitrogens is 1. The van der Waals surface area contributed by atoms with E-state index in [1.807, 2.05) is 48.6 Å². The van der Waals surface area contributed by atoms with E-state index < -0.39 is 0 Å². The summed E-state index contributed by atoms with van der Waals surface area (Å²) in [6, 6.07) is 11.4. The van der Waals surface area contributed by atoms with Gasteiger partial charge in [0.25, 0.3) is 0 Å². The molecule has 0 atom stereocenters. The monoisotopic (exact) mass is 393 g/mol. The minimum atomic E-state index is -0.131. The van der Waals surface area contributed by atoms with Crippen LogP contribution in [0.2, 0.25) is 0 Å². The lowest BCUT2D eigenvalue weighted by atomic mass is 9.80. The minimum absolute atomic E-state index is 0.00121. The summed E-state index contributed by atoms with van der Waals surface area (Å²) in [5.74, 6) is 1.70. The molecular formula is C25H31NO3. The normalized spacial score (nSPS) is 19.2. The Morgan fingerprint density at radius 2 is 1.93 bits per heavy atom. The molecule has 0 aliphatic heterocycles. The first kappa shape index (κ1) is 21.1. The SMILES string of the molecule is CCCCC1CCC(C(=O)Oc2ccc(/C=C/c3ccccn3)cc2OC)CC1. The summed E-state index contributed by atoms with van der Waals surface area (Å²) in [5.41, 5.74) is 1.85. The van der Waals surface area contributed by atoms with Crippen molar-refractivity contribution in [2.24, 2.45) is 11.8 Å². The average Bonchev–Trinajstić information content (AvgIpc) is 2.78. The van der Waals surface area contributed by atoms with Crippen LogP contribution in [-0.2, 0) is 4.79 Å². The number of carbonyl (C=O) groups excluding carboxylic acids is 1. The molecular weight excluding hydrogens is 362 g/mol. The van der Waals surface area contributed by atoms with Gasteiger partial charge in [-0.25, -0.2) is 0 Å². The molecule has 3 rings (SSSR count). The fraction of sp³-hybridized carbons (Fsp3) is 0.440. The largest absolute Gasteiger partial charge is 0.493 e. The van der Waals surface area contributed by atoms with Crippen molar-refractivity contribution >= 4 is 18.1 Å². The second-order valence-electron chi connectivity index (χ2n) is 7.78. The van der Waals surface area contributed by atoms with Crippen molar-refractivity contribution in [3.63, 3.8) is 0 Å². The van der Waals surface area contributed by atoms with Crippen molar-refractivity contribution in [2.45, 2.75) is 51.9 Å². The van der Waals surface area contributed by atoms with Crippen molar-refractivity contribution in [3.05, 3.63) is 53.9 Å². The molecule has 4 heteroatoms. The van der Waals surface area contributed by atoms with Gasteiger partial charge in [0.05, 0.1) is 18.7 Å². The Bertz CT molecular complexity index is 808. The summed E-state index contributed by atoms with van der Waals surface area (Å²) in [6.45, 7) is 2.23. The number of pyridine rings is 1. The Labute approximate surface area is 174 Å². The summed E-state index contributed by atoms with van der Waals surface area (Å²) in [6.07, 6.45) is 13.6.